The Morgan fingerprint density at radius 1 is 0.769 bits per heavy atom. The van der Waals surface area contributed by atoms with Gasteiger partial charge in [-0.2, -0.15) is 0 Å². The van der Waals surface area contributed by atoms with Gasteiger partial charge >= 0.3 is 0 Å². The summed E-state index contributed by atoms with van der Waals surface area (Å²) >= 11 is 0. The van der Waals surface area contributed by atoms with Crippen molar-refractivity contribution in [1.29, 1.82) is 0 Å². The second kappa shape index (κ2) is 13.9. The van der Waals surface area contributed by atoms with Crippen molar-refractivity contribution in [1.82, 2.24) is 5.32 Å². The molecule has 154 valence electrons. The highest BCUT2D eigenvalue weighted by Crippen LogP contribution is 2.21. The number of hydrogen-bond donors (Lipinski definition) is 1. The number of amides is 1. The summed E-state index contributed by atoms with van der Waals surface area (Å²) < 4.78 is 1.81. The van der Waals surface area contributed by atoms with E-state index in [-0.39, 0.29) is 5.91 Å². The van der Waals surface area contributed by atoms with E-state index >= 15 is 0 Å². The van der Waals surface area contributed by atoms with Crippen LogP contribution in [0.4, 0.5) is 0 Å². The van der Waals surface area contributed by atoms with Crippen LogP contribution in [0.15, 0.2) is 0 Å². The second-order valence-electron chi connectivity index (χ2n) is 8.24. The van der Waals surface area contributed by atoms with Crippen LogP contribution in [0.3, 0.4) is 0 Å². The molecule has 0 unspecified atom stereocenters. The Morgan fingerprint density at radius 2 is 1.31 bits per heavy atom. The molecule has 0 saturated carbocycles. The third kappa shape index (κ3) is 14.9. The minimum atomic E-state index is 0.118. The quantitative estimate of drug-likeness (QED) is 0.185. The Morgan fingerprint density at radius 3 is 1.85 bits per heavy atom. The van der Waals surface area contributed by atoms with Crippen molar-refractivity contribution < 1.29 is 18.6 Å². The predicted octanol–water partition coefficient (Wildman–Crippen LogP) is 3.15. The smallest absolute Gasteiger partial charge is 0.226 e. The molecule has 1 N–H and O–H groups in total. The molecule has 0 rings (SSSR count). The monoisotopic (exact) mass is 407 g/mol. The van der Waals surface area contributed by atoms with Gasteiger partial charge in [0.15, 0.2) is 0 Å². The van der Waals surface area contributed by atoms with Gasteiger partial charge in [0.25, 0.3) is 0 Å². The topological polar surface area (TPSA) is 46.2 Å². The van der Waals surface area contributed by atoms with Gasteiger partial charge in [0.2, 0.25) is 5.91 Å². The normalized spacial score (nSPS) is 12.2. The number of rotatable bonds is 16. The Balaban J connectivity index is 3.66. The van der Waals surface area contributed by atoms with Crippen LogP contribution in [0.2, 0.25) is 0 Å². The molecule has 26 heavy (non-hydrogen) atoms. The number of hydrogen-bond acceptors (Lipinski definition) is 4. The highest BCUT2D eigenvalue weighted by atomic mass is 33.1. The van der Waals surface area contributed by atoms with Crippen molar-refractivity contribution in [2.75, 3.05) is 66.0 Å². The van der Waals surface area contributed by atoms with Crippen LogP contribution in [0, 0.1) is 0 Å². The maximum absolute atomic E-state index is 12.0. The molecule has 0 atom stereocenters. The van der Waals surface area contributed by atoms with E-state index in [9.17, 15) is 9.59 Å². The molecule has 0 heterocycles. The van der Waals surface area contributed by atoms with E-state index in [1.165, 1.54) is 0 Å². The van der Waals surface area contributed by atoms with Gasteiger partial charge < -0.3 is 14.3 Å². The molecule has 0 aromatic rings. The fourth-order valence-corrected chi connectivity index (χ4v) is 4.61. The Bertz CT molecular complexity index is 378. The fraction of sp³-hybridized carbons (Fsp3) is 0.895. The van der Waals surface area contributed by atoms with Crippen LogP contribution in [-0.2, 0) is 9.59 Å². The first-order valence-corrected chi connectivity index (χ1v) is 12.3. The summed E-state index contributed by atoms with van der Waals surface area (Å²) in [5.41, 5.74) is 0. The number of nitrogens with zero attached hydrogens (tertiary/aromatic N) is 2. The van der Waals surface area contributed by atoms with Crippen molar-refractivity contribution >= 4 is 33.3 Å². The average Bonchev–Trinajstić information content (AvgIpc) is 2.54. The summed E-state index contributed by atoms with van der Waals surface area (Å²) in [5.74, 6) is 1.90. The number of ketones is 1. The predicted molar refractivity (Wildman–Crippen MR) is 116 cm³/mol. The van der Waals surface area contributed by atoms with Crippen LogP contribution >= 0.6 is 21.6 Å². The van der Waals surface area contributed by atoms with Gasteiger partial charge in [-0.1, -0.05) is 35.4 Å². The zero-order chi connectivity index (χ0) is 20.1. The molecule has 0 bridgehead atoms. The lowest BCUT2D eigenvalue weighted by Crippen LogP contribution is -2.42. The minimum Gasteiger partial charge on any atom is -0.346 e. The SMILES string of the molecule is CCC[N+](C)(C)CCC(=O)CCSSCNC(=O)CC[N+](C)(C)CCC. The maximum Gasteiger partial charge on any atom is 0.226 e. The lowest BCUT2D eigenvalue weighted by molar-refractivity contribution is -0.889. The summed E-state index contributed by atoms with van der Waals surface area (Å²) in [6.45, 7) is 8.36. The van der Waals surface area contributed by atoms with E-state index in [2.05, 4.69) is 47.4 Å². The van der Waals surface area contributed by atoms with Crippen molar-refractivity contribution in [3.63, 3.8) is 0 Å². The average molecular weight is 408 g/mol. The van der Waals surface area contributed by atoms with E-state index in [1.807, 2.05) is 0 Å². The summed E-state index contributed by atoms with van der Waals surface area (Å²) in [6.07, 6.45) is 4.15. The molecular formula is C19H41N3O2S2+2. The van der Waals surface area contributed by atoms with Crippen LogP contribution in [0.1, 0.15) is 46.0 Å². The molecule has 0 aromatic heterocycles. The zero-order valence-electron chi connectivity index (χ0n) is 17.8. The Kier molecular flexibility index (Phi) is 13.7. The number of carbonyl (C=O) groups is 2. The van der Waals surface area contributed by atoms with Gasteiger partial charge in [-0.3, -0.25) is 9.59 Å². The molecular weight excluding hydrogens is 366 g/mol. The summed E-state index contributed by atoms with van der Waals surface area (Å²) in [7, 11) is 12.0. The van der Waals surface area contributed by atoms with Crippen molar-refractivity contribution in [2.45, 2.75) is 46.0 Å². The number of carbonyl (C=O) groups excluding carboxylic acids is 2. The first kappa shape index (κ1) is 25.8. The van der Waals surface area contributed by atoms with Gasteiger partial charge in [0.1, 0.15) is 5.78 Å². The third-order valence-electron chi connectivity index (χ3n) is 4.47. The lowest BCUT2D eigenvalue weighted by atomic mass is 10.2. The van der Waals surface area contributed by atoms with E-state index < -0.39 is 0 Å². The van der Waals surface area contributed by atoms with Crippen molar-refractivity contribution in [3.8, 4) is 0 Å². The number of Topliss-reactive ketones (excluding diaryl/α,β-unsaturated/α-hetero) is 1. The Hall–Kier alpha value is -0.240. The third-order valence-corrected chi connectivity index (χ3v) is 6.63. The molecule has 1 amide bonds. The van der Waals surface area contributed by atoms with Crippen LogP contribution in [0.5, 0.6) is 0 Å². The molecule has 0 fully saturated rings. The number of nitrogens with one attached hydrogen (secondary N) is 1. The minimum absolute atomic E-state index is 0.118. The fourth-order valence-electron chi connectivity index (χ4n) is 2.85. The van der Waals surface area contributed by atoms with Crippen LogP contribution < -0.4 is 5.32 Å². The summed E-state index contributed by atoms with van der Waals surface area (Å²) in [5, 5.41) is 2.95. The standard InChI is InChI=1S/C19H40N3O2S2/c1-7-12-21(3,4)14-9-18(23)11-16-25-26-17-20-19(24)10-15-22(5,6)13-8-2/h7-17H2,1-6H3/q+1/p+1. The zero-order valence-corrected chi connectivity index (χ0v) is 19.4. The van der Waals surface area contributed by atoms with Gasteiger partial charge in [-0.15, -0.1) is 0 Å². The molecule has 0 aliphatic rings. The van der Waals surface area contributed by atoms with Gasteiger partial charge in [0, 0.05) is 12.2 Å². The van der Waals surface area contributed by atoms with Crippen LogP contribution in [0.25, 0.3) is 0 Å². The molecule has 7 heteroatoms. The number of quaternary nitrogens is 2. The molecule has 0 spiro atoms. The molecule has 0 radical (unpaired) electrons. The van der Waals surface area contributed by atoms with Crippen molar-refractivity contribution in [3.05, 3.63) is 0 Å². The van der Waals surface area contributed by atoms with E-state index in [1.54, 1.807) is 21.6 Å². The van der Waals surface area contributed by atoms with Gasteiger partial charge in [-0.25, -0.2) is 0 Å². The van der Waals surface area contributed by atoms with Gasteiger partial charge in [0.05, 0.1) is 73.1 Å². The van der Waals surface area contributed by atoms with Crippen molar-refractivity contribution in [2.24, 2.45) is 0 Å². The van der Waals surface area contributed by atoms with Gasteiger partial charge in [-0.05, 0) is 12.8 Å². The van der Waals surface area contributed by atoms with E-state index in [0.717, 1.165) is 53.7 Å². The lowest BCUT2D eigenvalue weighted by Gasteiger charge is -2.29. The highest BCUT2D eigenvalue weighted by molar-refractivity contribution is 8.76. The summed E-state index contributed by atoms with van der Waals surface area (Å²) in [4.78, 5) is 23.8. The molecule has 0 aliphatic heterocycles. The highest BCUT2D eigenvalue weighted by Gasteiger charge is 2.16. The molecule has 0 aromatic carbocycles. The Labute approximate surface area is 169 Å². The molecule has 0 aliphatic carbocycles. The van der Waals surface area contributed by atoms with E-state index in [4.69, 9.17) is 0 Å². The second-order valence-corrected chi connectivity index (χ2v) is 10.8. The first-order chi connectivity index (χ1) is 12.1. The molecule has 5 nitrogen and oxygen atoms in total. The summed E-state index contributed by atoms with van der Waals surface area (Å²) in [6, 6.07) is 0. The molecule has 0 saturated heterocycles. The van der Waals surface area contributed by atoms with Crippen LogP contribution in [-0.4, -0.2) is 86.7 Å². The van der Waals surface area contributed by atoms with E-state index in [0.29, 0.717) is 30.9 Å². The maximum atomic E-state index is 12.0. The largest absolute Gasteiger partial charge is 0.346 e. The first-order valence-electron chi connectivity index (χ1n) is 9.78.